The molecule has 0 unspecified atom stereocenters. The molecular formula is C15H17NO6. The number of hydrogen-bond acceptors (Lipinski definition) is 6. The lowest BCUT2D eigenvalue weighted by molar-refractivity contribution is -0.384. The van der Waals surface area contributed by atoms with Gasteiger partial charge in [-0.1, -0.05) is 12.2 Å². The average Bonchev–Trinajstić information content (AvgIpc) is 2.46. The normalized spacial score (nSPS) is 19.5. The molecule has 118 valence electrons. The van der Waals surface area contributed by atoms with Crippen molar-refractivity contribution < 1.29 is 23.9 Å². The minimum absolute atomic E-state index is 0.0725. The number of carbonyl (C=O) groups is 1. The van der Waals surface area contributed by atoms with Crippen LogP contribution in [0.4, 0.5) is 10.5 Å². The van der Waals surface area contributed by atoms with E-state index in [0.29, 0.717) is 6.61 Å². The van der Waals surface area contributed by atoms with Crippen molar-refractivity contribution in [2.45, 2.75) is 25.4 Å². The SMILES string of the molecule is O=C(OC[C@H]1CC/C=C/CCO1)Oc1ccc([N+](=O)[O-])cc1. The van der Waals surface area contributed by atoms with Crippen molar-refractivity contribution in [2.75, 3.05) is 13.2 Å². The summed E-state index contributed by atoms with van der Waals surface area (Å²) in [5.74, 6) is 0.192. The fourth-order valence-electron chi connectivity index (χ4n) is 1.96. The second-order valence-electron chi connectivity index (χ2n) is 4.74. The van der Waals surface area contributed by atoms with Gasteiger partial charge in [-0.15, -0.1) is 0 Å². The van der Waals surface area contributed by atoms with Crippen LogP contribution in [0.1, 0.15) is 19.3 Å². The van der Waals surface area contributed by atoms with Crippen LogP contribution in [0.2, 0.25) is 0 Å². The quantitative estimate of drug-likeness (QED) is 0.279. The maximum absolute atomic E-state index is 11.6. The lowest BCUT2D eigenvalue weighted by Gasteiger charge is -2.18. The van der Waals surface area contributed by atoms with Crippen LogP contribution < -0.4 is 4.74 Å². The maximum Gasteiger partial charge on any atom is 0.513 e. The van der Waals surface area contributed by atoms with Gasteiger partial charge in [0.25, 0.3) is 5.69 Å². The summed E-state index contributed by atoms with van der Waals surface area (Å²) < 4.78 is 15.5. The number of ether oxygens (including phenoxy) is 3. The number of nitro groups is 1. The van der Waals surface area contributed by atoms with Gasteiger partial charge in [-0.3, -0.25) is 10.1 Å². The summed E-state index contributed by atoms with van der Waals surface area (Å²) in [6.45, 7) is 0.724. The highest BCUT2D eigenvalue weighted by molar-refractivity contribution is 5.64. The minimum Gasteiger partial charge on any atom is -0.431 e. The Morgan fingerprint density at radius 2 is 2.00 bits per heavy atom. The van der Waals surface area contributed by atoms with Crippen molar-refractivity contribution in [3.63, 3.8) is 0 Å². The van der Waals surface area contributed by atoms with Gasteiger partial charge in [-0.2, -0.15) is 0 Å². The molecule has 0 spiro atoms. The van der Waals surface area contributed by atoms with Crippen molar-refractivity contribution in [3.8, 4) is 5.75 Å². The van der Waals surface area contributed by atoms with E-state index in [0.717, 1.165) is 19.3 Å². The minimum atomic E-state index is -0.852. The van der Waals surface area contributed by atoms with E-state index in [1.54, 1.807) is 0 Å². The van der Waals surface area contributed by atoms with Gasteiger partial charge in [0, 0.05) is 12.1 Å². The van der Waals surface area contributed by atoms with Crippen LogP contribution in [0.3, 0.4) is 0 Å². The van der Waals surface area contributed by atoms with Crippen molar-refractivity contribution >= 4 is 11.8 Å². The number of allylic oxidation sites excluding steroid dienone is 1. The molecule has 0 bridgehead atoms. The first kappa shape index (κ1) is 16.0. The Morgan fingerprint density at radius 1 is 1.27 bits per heavy atom. The van der Waals surface area contributed by atoms with Crippen LogP contribution in [0.15, 0.2) is 36.4 Å². The third-order valence-corrected chi connectivity index (χ3v) is 3.10. The molecule has 7 heteroatoms. The van der Waals surface area contributed by atoms with Gasteiger partial charge in [-0.05, 0) is 31.4 Å². The molecule has 0 fully saturated rings. The van der Waals surface area contributed by atoms with E-state index in [-0.39, 0.29) is 24.1 Å². The summed E-state index contributed by atoms with van der Waals surface area (Å²) >= 11 is 0. The van der Waals surface area contributed by atoms with E-state index in [1.165, 1.54) is 24.3 Å². The molecule has 1 aromatic carbocycles. The highest BCUT2D eigenvalue weighted by Crippen LogP contribution is 2.18. The Morgan fingerprint density at radius 3 is 2.73 bits per heavy atom. The van der Waals surface area contributed by atoms with Crippen LogP contribution in [-0.4, -0.2) is 30.4 Å². The number of non-ortho nitro benzene ring substituents is 1. The van der Waals surface area contributed by atoms with Crippen molar-refractivity contribution in [3.05, 3.63) is 46.5 Å². The summed E-state index contributed by atoms with van der Waals surface area (Å²) in [6.07, 6.45) is 5.67. The Labute approximate surface area is 127 Å². The van der Waals surface area contributed by atoms with Crippen LogP contribution in [-0.2, 0) is 9.47 Å². The van der Waals surface area contributed by atoms with E-state index in [1.807, 2.05) is 0 Å². The summed E-state index contributed by atoms with van der Waals surface area (Å²) in [7, 11) is 0. The van der Waals surface area contributed by atoms with Gasteiger partial charge in [0.05, 0.1) is 17.6 Å². The third kappa shape index (κ3) is 5.17. The van der Waals surface area contributed by atoms with Crippen molar-refractivity contribution in [2.24, 2.45) is 0 Å². The van der Waals surface area contributed by atoms with E-state index in [2.05, 4.69) is 12.2 Å². The molecule has 2 rings (SSSR count). The largest absolute Gasteiger partial charge is 0.513 e. The zero-order chi connectivity index (χ0) is 15.8. The molecule has 1 aliphatic rings. The van der Waals surface area contributed by atoms with Gasteiger partial charge in [0.15, 0.2) is 0 Å². The predicted molar refractivity (Wildman–Crippen MR) is 77.8 cm³/mol. The molecule has 1 aliphatic heterocycles. The van der Waals surface area contributed by atoms with Crippen LogP contribution in [0.5, 0.6) is 5.75 Å². The van der Waals surface area contributed by atoms with E-state index in [9.17, 15) is 14.9 Å². The highest BCUT2D eigenvalue weighted by Gasteiger charge is 2.14. The Bertz CT molecular complexity index is 539. The van der Waals surface area contributed by atoms with Gasteiger partial charge in [-0.25, -0.2) is 4.79 Å². The molecule has 0 saturated carbocycles. The number of hydrogen-bond donors (Lipinski definition) is 0. The number of carbonyl (C=O) groups excluding carboxylic acids is 1. The standard InChI is InChI=1S/C15H17NO6/c17-15(21-11-14-5-3-1-2-4-10-20-14)22-13-8-6-12(7-9-13)16(18)19/h1-2,6-9,14H,3-5,10-11H2/b2-1+/t14-/m1/s1. The van der Waals surface area contributed by atoms with Crippen LogP contribution in [0, 0.1) is 10.1 Å². The van der Waals surface area contributed by atoms with Gasteiger partial charge < -0.3 is 14.2 Å². The summed E-state index contributed by atoms with van der Waals surface area (Å²) in [4.78, 5) is 21.6. The van der Waals surface area contributed by atoms with E-state index < -0.39 is 11.1 Å². The van der Waals surface area contributed by atoms with Gasteiger partial charge >= 0.3 is 6.16 Å². The Hall–Kier alpha value is -2.41. The molecule has 0 saturated heterocycles. The Kier molecular flexibility index (Phi) is 5.91. The van der Waals surface area contributed by atoms with Gasteiger partial charge in [0.2, 0.25) is 0 Å². The lowest BCUT2D eigenvalue weighted by Crippen LogP contribution is -2.24. The molecule has 22 heavy (non-hydrogen) atoms. The number of nitrogens with zero attached hydrogens (tertiary/aromatic N) is 1. The summed E-state index contributed by atoms with van der Waals surface area (Å²) in [5.41, 5.74) is -0.0725. The second kappa shape index (κ2) is 8.14. The summed E-state index contributed by atoms with van der Waals surface area (Å²) in [5, 5.41) is 10.5. The predicted octanol–water partition coefficient (Wildman–Crippen LogP) is 3.24. The summed E-state index contributed by atoms with van der Waals surface area (Å²) in [6, 6.07) is 5.20. The highest BCUT2D eigenvalue weighted by atomic mass is 16.7. The average molecular weight is 307 g/mol. The zero-order valence-corrected chi connectivity index (χ0v) is 12.0. The maximum atomic E-state index is 11.6. The first-order chi connectivity index (χ1) is 10.6. The molecule has 1 atom stereocenters. The molecule has 0 aliphatic carbocycles. The molecule has 0 aromatic heterocycles. The first-order valence-corrected chi connectivity index (χ1v) is 7.01. The molecule has 0 radical (unpaired) electrons. The molecular weight excluding hydrogens is 290 g/mol. The second-order valence-corrected chi connectivity index (χ2v) is 4.74. The zero-order valence-electron chi connectivity index (χ0n) is 12.0. The smallest absolute Gasteiger partial charge is 0.431 e. The van der Waals surface area contributed by atoms with Gasteiger partial charge in [0.1, 0.15) is 12.4 Å². The van der Waals surface area contributed by atoms with E-state index >= 15 is 0 Å². The van der Waals surface area contributed by atoms with Crippen LogP contribution in [0.25, 0.3) is 0 Å². The number of benzene rings is 1. The Balaban J connectivity index is 1.77. The number of nitro benzene ring substituents is 1. The number of rotatable bonds is 4. The van der Waals surface area contributed by atoms with Crippen LogP contribution >= 0.6 is 0 Å². The molecule has 7 nitrogen and oxygen atoms in total. The van der Waals surface area contributed by atoms with E-state index in [4.69, 9.17) is 14.2 Å². The molecule has 0 N–H and O–H groups in total. The lowest BCUT2D eigenvalue weighted by atomic mass is 10.1. The monoisotopic (exact) mass is 307 g/mol. The molecule has 1 aromatic rings. The molecule has 0 amide bonds. The fraction of sp³-hybridized carbons (Fsp3) is 0.400. The van der Waals surface area contributed by atoms with Crippen molar-refractivity contribution in [1.29, 1.82) is 0 Å². The topological polar surface area (TPSA) is 87.9 Å². The molecule has 1 heterocycles. The van der Waals surface area contributed by atoms with Crippen molar-refractivity contribution in [1.82, 2.24) is 0 Å². The fourth-order valence-corrected chi connectivity index (χ4v) is 1.96. The third-order valence-electron chi connectivity index (χ3n) is 3.10. The first-order valence-electron chi connectivity index (χ1n) is 7.01.